The molecule has 0 amide bonds. The molecule has 0 aliphatic carbocycles. The lowest BCUT2D eigenvalue weighted by atomic mass is 10.2. The van der Waals surface area contributed by atoms with E-state index in [9.17, 15) is 4.79 Å². The number of esters is 1. The van der Waals surface area contributed by atoms with E-state index in [1.54, 1.807) is 0 Å². The summed E-state index contributed by atoms with van der Waals surface area (Å²) in [7, 11) is 0. The molecule has 0 bridgehead atoms. The molecule has 0 aliphatic rings. The highest BCUT2D eigenvalue weighted by molar-refractivity contribution is 5.85. The number of carbonyl (C=O) groups is 1. The second-order valence-corrected chi connectivity index (χ2v) is 5.67. The third kappa shape index (κ3) is 3.93. The Morgan fingerprint density at radius 1 is 1.16 bits per heavy atom. The molecular weight excluding hydrogens is 320 g/mol. The third-order valence-electron chi connectivity index (χ3n) is 3.69. The van der Waals surface area contributed by atoms with Crippen LogP contribution in [0, 0.1) is 13.8 Å². The molecule has 3 rings (SSSR count). The van der Waals surface area contributed by atoms with Crippen LogP contribution in [0.2, 0.25) is 0 Å². The number of rotatable bonds is 6. The Bertz CT molecular complexity index is 904. The quantitative estimate of drug-likeness (QED) is 0.507. The van der Waals surface area contributed by atoms with E-state index in [2.05, 4.69) is 22.0 Å². The first-order valence-electron chi connectivity index (χ1n) is 8.16. The number of ether oxygens (including phenoxy) is 2. The topological polar surface area (TPSA) is 78.6 Å². The van der Waals surface area contributed by atoms with Crippen LogP contribution in [0.4, 0.5) is 0 Å². The molecule has 0 atom stereocenters. The van der Waals surface area contributed by atoms with Crippen molar-refractivity contribution in [1.82, 2.24) is 19.6 Å². The molecule has 25 heavy (non-hydrogen) atoms. The number of hydrogen-bond donors (Lipinski definition) is 0. The average molecular weight is 340 g/mol. The van der Waals surface area contributed by atoms with Crippen LogP contribution in [0.1, 0.15) is 34.5 Å². The van der Waals surface area contributed by atoms with Crippen molar-refractivity contribution in [3.63, 3.8) is 0 Å². The van der Waals surface area contributed by atoms with Crippen molar-refractivity contribution in [2.24, 2.45) is 0 Å². The minimum atomic E-state index is -0.589. The molecule has 3 aromatic rings. The van der Waals surface area contributed by atoms with Crippen molar-refractivity contribution in [3.8, 4) is 5.75 Å². The molecule has 2 heterocycles. The normalized spacial score (nSPS) is 10.8. The number of carbonyl (C=O) groups excluding carboxylic acids is 1. The van der Waals surface area contributed by atoms with Gasteiger partial charge in [0.05, 0.1) is 0 Å². The van der Waals surface area contributed by atoms with E-state index in [-0.39, 0.29) is 19.0 Å². The molecule has 7 nitrogen and oxygen atoms in total. The van der Waals surface area contributed by atoms with E-state index in [0.717, 1.165) is 23.6 Å². The molecular formula is C18H20N4O3. The van der Waals surface area contributed by atoms with Crippen LogP contribution in [0.3, 0.4) is 0 Å². The Labute approximate surface area is 145 Å². The lowest BCUT2D eigenvalue weighted by Gasteiger charge is -2.07. The highest BCUT2D eigenvalue weighted by atomic mass is 16.6. The Kier molecular flexibility index (Phi) is 4.92. The van der Waals surface area contributed by atoms with Gasteiger partial charge in [-0.2, -0.15) is 4.98 Å². The van der Waals surface area contributed by atoms with Gasteiger partial charge in [-0.1, -0.05) is 19.1 Å². The minimum absolute atomic E-state index is 0.00539. The SMILES string of the molecule is CCc1cccc(OCCOC(=O)c2nc3nc(C)cc(C)n3n2)c1. The molecule has 0 radical (unpaired) electrons. The first-order chi connectivity index (χ1) is 12.1. The van der Waals surface area contributed by atoms with Crippen molar-refractivity contribution >= 4 is 11.7 Å². The zero-order chi connectivity index (χ0) is 17.8. The molecule has 0 saturated heterocycles. The highest BCUT2D eigenvalue weighted by Crippen LogP contribution is 2.13. The third-order valence-corrected chi connectivity index (χ3v) is 3.69. The lowest BCUT2D eigenvalue weighted by molar-refractivity contribution is 0.0436. The first kappa shape index (κ1) is 16.9. The van der Waals surface area contributed by atoms with Crippen LogP contribution in [-0.2, 0) is 11.2 Å². The maximum Gasteiger partial charge on any atom is 0.378 e. The molecule has 0 fully saturated rings. The standard InChI is InChI=1S/C18H20N4O3/c1-4-14-6-5-7-15(11-14)24-8-9-25-17(23)16-20-18-19-12(2)10-13(3)22(18)21-16/h5-7,10-11H,4,8-9H2,1-3H3. The van der Waals surface area contributed by atoms with Gasteiger partial charge in [-0.3, -0.25) is 0 Å². The van der Waals surface area contributed by atoms with Gasteiger partial charge in [0.15, 0.2) is 0 Å². The largest absolute Gasteiger partial charge is 0.490 e. The fourth-order valence-electron chi connectivity index (χ4n) is 2.47. The molecule has 7 heteroatoms. The zero-order valence-electron chi connectivity index (χ0n) is 14.5. The minimum Gasteiger partial charge on any atom is -0.490 e. The smallest absolute Gasteiger partial charge is 0.378 e. The second kappa shape index (κ2) is 7.29. The van der Waals surface area contributed by atoms with E-state index in [4.69, 9.17) is 9.47 Å². The van der Waals surface area contributed by atoms with Crippen LogP contribution in [-0.4, -0.2) is 38.8 Å². The Balaban J connectivity index is 1.56. The molecule has 0 N–H and O–H groups in total. The van der Waals surface area contributed by atoms with E-state index >= 15 is 0 Å². The van der Waals surface area contributed by atoms with Crippen molar-refractivity contribution in [2.45, 2.75) is 27.2 Å². The van der Waals surface area contributed by atoms with Crippen LogP contribution in [0.15, 0.2) is 30.3 Å². The molecule has 0 spiro atoms. The molecule has 0 unspecified atom stereocenters. The van der Waals surface area contributed by atoms with E-state index in [1.165, 1.54) is 10.1 Å². The molecule has 0 saturated carbocycles. The van der Waals surface area contributed by atoms with E-state index in [1.807, 2.05) is 44.2 Å². The van der Waals surface area contributed by atoms with Gasteiger partial charge in [-0.15, -0.1) is 5.10 Å². The number of benzene rings is 1. The van der Waals surface area contributed by atoms with Gasteiger partial charge >= 0.3 is 5.97 Å². The van der Waals surface area contributed by atoms with E-state index < -0.39 is 5.97 Å². The predicted molar refractivity (Wildman–Crippen MR) is 91.9 cm³/mol. The summed E-state index contributed by atoms with van der Waals surface area (Å²) in [6, 6.07) is 9.70. The number of aromatic nitrogens is 4. The summed E-state index contributed by atoms with van der Waals surface area (Å²) in [5.41, 5.74) is 2.87. The van der Waals surface area contributed by atoms with Crippen molar-refractivity contribution in [3.05, 3.63) is 53.1 Å². The molecule has 130 valence electrons. The average Bonchev–Trinajstić information content (AvgIpc) is 3.03. The second-order valence-electron chi connectivity index (χ2n) is 5.67. The van der Waals surface area contributed by atoms with Crippen molar-refractivity contribution in [1.29, 1.82) is 0 Å². The Morgan fingerprint density at radius 2 is 2.00 bits per heavy atom. The summed E-state index contributed by atoms with van der Waals surface area (Å²) < 4.78 is 12.3. The fourth-order valence-corrected chi connectivity index (χ4v) is 2.47. The van der Waals surface area contributed by atoms with Gasteiger partial charge < -0.3 is 9.47 Å². The lowest BCUT2D eigenvalue weighted by Crippen LogP contribution is -2.13. The van der Waals surface area contributed by atoms with Gasteiger partial charge in [0.2, 0.25) is 0 Å². The Hall–Kier alpha value is -2.96. The monoisotopic (exact) mass is 340 g/mol. The van der Waals surface area contributed by atoms with Crippen molar-refractivity contribution < 1.29 is 14.3 Å². The highest BCUT2D eigenvalue weighted by Gasteiger charge is 2.16. The summed E-state index contributed by atoms with van der Waals surface area (Å²) >= 11 is 0. The van der Waals surface area contributed by atoms with Crippen LogP contribution in [0.5, 0.6) is 5.75 Å². The van der Waals surface area contributed by atoms with Gasteiger partial charge in [0.25, 0.3) is 11.6 Å². The number of nitrogens with zero attached hydrogens (tertiary/aromatic N) is 4. The van der Waals surface area contributed by atoms with Gasteiger partial charge in [0.1, 0.15) is 19.0 Å². The summed E-state index contributed by atoms with van der Waals surface area (Å²) in [6.07, 6.45) is 0.943. The van der Waals surface area contributed by atoms with E-state index in [0.29, 0.717) is 5.78 Å². The molecule has 2 aromatic heterocycles. The molecule has 0 aliphatic heterocycles. The maximum absolute atomic E-state index is 12.1. The summed E-state index contributed by atoms with van der Waals surface area (Å²) in [6.45, 7) is 6.22. The maximum atomic E-state index is 12.1. The fraction of sp³-hybridized carbons (Fsp3) is 0.333. The van der Waals surface area contributed by atoms with Crippen LogP contribution < -0.4 is 4.74 Å². The van der Waals surface area contributed by atoms with Gasteiger partial charge in [-0.25, -0.2) is 14.3 Å². The molecule has 1 aromatic carbocycles. The number of fused-ring (bicyclic) bond motifs is 1. The Morgan fingerprint density at radius 3 is 2.80 bits per heavy atom. The number of aryl methyl sites for hydroxylation is 3. The summed E-state index contributed by atoms with van der Waals surface area (Å²) in [4.78, 5) is 20.4. The zero-order valence-corrected chi connectivity index (χ0v) is 14.5. The van der Waals surface area contributed by atoms with Gasteiger partial charge in [-0.05, 0) is 44.0 Å². The van der Waals surface area contributed by atoms with Crippen LogP contribution in [0.25, 0.3) is 5.78 Å². The predicted octanol–water partition coefficient (Wildman–Crippen LogP) is 2.54. The number of hydrogen-bond acceptors (Lipinski definition) is 6. The van der Waals surface area contributed by atoms with Crippen molar-refractivity contribution in [2.75, 3.05) is 13.2 Å². The van der Waals surface area contributed by atoms with Gasteiger partial charge in [0, 0.05) is 11.4 Å². The summed E-state index contributed by atoms with van der Waals surface area (Å²) in [5.74, 6) is 0.552. The summed E-state index contributed by atoms with van der Waals surface area (Å²) in [5, 5.41) is 4.14. The van der Waals surface area contributed by atoms with Crippen LogP contribution >= 0.6 is 0 Å². The first-order valence-corrected chi connectivity index (χ1v) is 8.16.